The zero-order valence-electron chi connectivity index (χ0n) is 23.3. The molecule has 0 spiro atoms. The summed E-state index contributed by atoms with van der Waals surface area (Å²) >= 11 is 0. The largest absolute Gasteiger partial charge is 0.472 e. The molecule has 0 amide bonds. The summed E-state index contributed by atoms with van der Waals surface area (Å²) in [6.07, 6.45) is -3.89. The van der Waals surface area contributed by atoms with E-state index in [0.29, 0.717) is 17.6 Å². The first-order valence-corrected chi connectivity index (χ1v) is 16.8. The predicted octanol–water partition coefficient (Wildman–Crippen LogP) is -0.922. The van der Waals surface area contributed by atoms with E-state index < -0.39 is 82.8 Å². The normalized spacial score (nSPS) is 39.7. The van der Waals surface area contributed by atoms with Gasteiger partial charge < -0.3 is 35.8 Å². The number of aliphatic hydroxyl groups excluding tert-OH is 1. The van der Waals surface area contributed by atoms with Crippen LogP contribution in [0, 0.1) is 5.92 Å². The van der Waals surface area contributed by atoms with Crippen molar-refractivity contribution in [1.82, 2.24) is 39.0 Å². The molecule has 4 aromatic heterocycles. The van der Waals surface area contributed by atoms with E-state index in [9.17, 15) is 28.8 Å². The van der Waals surface area contributed by atoms with Gasteiger partial charge in [0.05, 0.1) is 25.9 Å². The van der Waals surface area contributed by atoms with Crippen molar-refractivity contribution in [2.24, 2.45) is 5.92 Å². The fourth-order valence-electron chi connectivity index (χ4n) is 6.56. The van der Waals surface area contributed by atoms with Crippen molar-refractivity contribution in [2.75, 3.05) is 24.7 Å². The summed E-state index contributed by atoms with van der Waals surface area (Å²) in [7, 11) is -9.96. The van der Waals surface area contributed by atoms with Gasteiger partial charge in [0, 0.05) is 5.92 Å². The van der Waals surface area contributed by atoms with Crippen molar-refractivity contribution < 1.29 is 51.6 Å². The van der Waals surface area contributed by atoms with Crippen molar-refractivity contribution >= 4 is 49.7 Å². The third-order valence-electron chi connectivity index (χ3n) is 8.60. The molecule has 46 heavy (non-hydrogen) atoms. The van der Waals surface area contributed by atoms with Crippen LogP contribution in [0.5, 0.6) is 0 Å². The predicted molar refractivity (Wildman–Crippen MR) is 149 cm³/mol. The molecule has 0 aromatic carbocycles. The molecule has 8 N–H and O–H groups in total. The first-order valence-electron chi connectivity index (χ1n) is 13.8. The summed E-state index contributed by atoms with van der Waals surface area (Å²) in [5.74, 6) is -0.721. The fraction of sp³-hybridized carbons (Fsp3) is 0.545. The van der Waals surface area contributed by atoms with Crippen molar-refractivity contribution in [1.29, 1.82) is 0 Å². The highest BCUT2D eigenvalue weighted by molar-refractivity contribution is 7.47. The number of nitrogens with two attached hydrogens (primary N) is 2. The molecule has 3 aliphatic heterocycles. The number of nitrogens with one attached hydrogen (secondary N) is 1. The number of aliphatic hydroxyl groups is 1. The number of imidazole rings is 2. The molecule has 24 heteroatoms. The van der Waals surface area contributed by atoms with E-state index in [4.69, 9.17) is 39.0 Å². The van der Waals surface area contributed by atoms with Crippen molar-refractivity contribution in [3.05, 3.63) is 29.3 Å². The third kappa shape index (κ3) is 4.68. The zero-order valence-corrected chi connectivity index (χ0v) is 25.1. The first kappa shape index (κ1) is 30.0. The van der Waals surface area contributed by atoms with E-state index in [1.54, 1.807) is 4.57 Å². The van der Waals surface area contributed by atoms with Gasteiger partial charge in [-0.3, -0.25) is 37.0 Å². The molecule has 0 radical (unpaired) electrons. The molecular weight excluding hydrogens is 658 g/mol. The zero-order chi connectivity index (χ0) is 32.2. The Hall–Kier alpha value is -3.40. The minimum absolute atomic E-state index is 0.0947. The van der Waals surface area contributed by atoms with Crippen LogP contribution in [-0.2, 0) is 36.7 Å². The average Bonchev–Trinajstić information content (AvgIpc) is 3.80. The van der Waals surface area contributed by atoms with Crippen molar-refractivity contribution in [2.45, 2.75) is 55.3 Å². The van der Waals surface area contributed by atoms with Gasteiger partial charge in [0.2, 0.25) is 5.95 Å². The summed E-state index contributed by atoms with van der Waals surface area (Å²) in [4.78, 5) is 56.8. The van der Waals surface area contributed by atoms with Gasteiger partial charge in [-0.2, -0.15) is 4.98 Å². The van der Waals surface area contributed by atoms with Gasteiger partial charge in [0.1, 0.15) is 48.1 Å². The number of hydrogen-bond donors (Lipinski definition) is 6. The highest BCUT2D eigenvalue weighted by Crippen LogP contribution is 2.62. The van der Waals surface area contributed by atoms with Crippen LogP contribution < -0.4 is 17.0 Å². The van der Waals surface area contributed by atoms with Crippen LogP contribution in [0.1, 0.15) is 25.3 Å². The number of phosphoric acid groups is 2. The van der Waals surface area contributed by atoms with E-state index in [0.717, 1.165) is 10.9 Å². The Morgan fingerprint density at radius 2 is 1.72 bits per heavy atom. The van der Waals surface area contributed by atoms with Crippen molar-refractivity contribution in [3.63, 3.8) is 0 Å². The molecule has 7 heterocycles. The van der Waals surface area contributed by atoms with Crippen LogP contribution in [0.3, 0.4) is 0 Å². The first-order chi connectivity index (χ1) is 21.8. The van der Waals surface area contributed by atoms with E-state index in [1.807, 2.05) is 0 Å². The Morgan fingerprint density at radius 3 is 2.52 bits per heavy atom. The second-order valence-electron chi connectivity index (χ2n) is 11.3. The number of fused-ring (bicyclic) bond motifs is 4. The molecule has 4 aliphatic rings. The smallest absolute Gasteiger partial charge is 0.387 e. The van der Waals surface area contributed by atoms with E-state index in [1.165, 1.54) is 12.7 Å². The highest BCUT2D eigenvalue weighted by atomic mass is 31.2. The standard InChI is InChI=1S/C22H26N10O12P2/c23-15-10-16(26-5-25-15)31(6-27-10)19-8-1-2-22(42-19)4-40-46(37,38)43-13-12(33)9(3-39-45(35,36)44-14(8)22)41-20(13)32-7-28-11-17(32)29-21(24)30-18(11)34/h5-9,12-14,19-20,33H,1-4H2,(H,35,36)(H,37,38)(H2,23,25,26)(H3,24,29,30,34). The van der Waals surface area contributed by atoms with Crippen LogP contribution in [0.25, 0.3) is 22.3 Å². The lowest BCUT2D eigenvalue weighted by atomic mass is 10.0. The van der Waals surface area contributed by atoms with Crippen LogP contribution in [0.4, 0.5) is 11.8 Å². The summed E-state index contributed by atoms with van der Waals surface area (Å²) < 4.78 is 63.6. The number of ether oxygens (including phenoxy) is 2. The van der Waals surface area contributed by atoms with E-state index in [-0.39, 0.29) is 29.4 Å². The Kier molecular flexibility index (Phi) is 6.71. The van der Waals surface area contributed by atoms with Crippen LogP contribution in [0.2, 0.25) is 0 Å². The number of nitrogens with zero attached hydrogens (tertiary/aromatic N) is 7. The van der Waals surface area contributed by atoms with Gasteiger partial charge in [-0.05, 0) is 12.8 Å². The van der Waals surface area contributed by atoms with Crippen LogP contribution >= 0.6 is 15.6 Å². The SMILES string of the molecule is Nc1nc2c(ncn2C2OC3COP(=O)(O)OC4C5CCC4(COP(=O)(O)OC2C3O)OC5n2cnc3c(N)ncnc32)c(=O)[nH]1. The number of phosphoric ester groups is 2. The maximum atomic E-state index is 13.4. The molecule has 1 aliphatic carbocycles. The molecule has 4 aromatic rings. The minimum atomic E-state index is -5.05. The quantitative estimate of drug-likeness (QED) is 0.139. The van der Waals surface area contributed by atoms with Crippen LogP contribution in [-0.4, -0.2) is 97.2 Å². The molecule has 4 bridgehead atoms. The van der Waals surface area contributed by atoms with Gasteiger partial charge in [0.15, 0.2) is 28.9 Å². The lowest BCUT2D eigenvalue weighted by molar-refractivity contribution is -0.138. The van der Waals surface area contributed by atoms with Gasteiger partial charge in [-0.15, -0.1) is 0 Å². The number of aromatic nitrogens is 8. The number of aromatic amines is 1. The average molecular weight is 684 g/mol. The molecular formula is C22H26N10O12P2. The number of anilines is 2. The van der Waals surface area contributed by atoms with Crippen molar-refractivity contribution in [3.8, 4) is 0 Å². The maximum absolute atomic E-state index is 13.4. The number of rotatable bonds is 2. The summed E-state index contributed by atoms with van der Waals surface area (Å²) in [5, 5.41) is 11.1. The second-order valence-corrected chi connectivity index (χ2v) is 14.1. The minimum Gasteiger partial charge on any atom is -0.387 e. The van der Waals surface area contributed by atoms with Gasteiger partial charge >= 0.3 is 15.6 Å². The lowest BCUT2D eigenvalue weighted by Crippen LogP contribution is -2.42. The van der Waals surface area contributed by atoms with Gasteiger partial charge in [0.25, 0.3) is 5.56 Å². The Bertz CT molecular complexity index is 2020. The number of H-pyrrole nitrogens is 1. The molecule has 10 unspecified atom stereocenters. The molecule has 246 valence electrons. The fourth-order valence-corrected chi connectivity index (χ4v) is 8.57. The van der Waals surface area contributed by atoms with E-state index in [2.05, 4.69) is 29.9 Å². The summed E-state index contributed by atoms with van der Waals surface area (Å²) in [5.41, 5.74) is 9.81. The Morgan fingerprint density at radius 1 is 0.978 bits per heavy atom. The second kappa shape index (κ2) is 10.3. The molecule has 8 rings (SSSR count). The molecule has 22 nitrogen and oxygen atoms in total. The monoisotopic (exact) mass is 684 g/mol. The summed E-state index contributed by atoms with van der Waals surface area (Å²) in [6, 6.07) is 0. The molecule has 1 saturated carbocycles. The Labute approximate surface area is 255 Å². The molecule has 10 atom stereocenters. The molecule has 4 fully saturated rings. The highest BCUT2D eigenvalue weighted by Gasteiger charge is 2.64. The maximum Gasteiger partial charge on any atom is 0.472 e. The topological polar surface area (TPSA) is 309 Å². The third-order valence-corrected chi connectivity index (χ3v) is 10.5. The molecule has 3 saturated heterocycles. The number of hydrogen-bond acceptors (Lipinski definition) is 17. The van der Waals surface area contributed by atoms with Gasteiger partial charge in [-0.25, -0.2) is 29.1 Å². The van der Waals surface area contributed by atoms with E-state index >= 15 is 0 Å². The Balaban J connectivity index is 1.14. The number of nitrogen functional groups attached to an aromatic ring is 2. The van der Waals surface area contributed by atoms with Crippen LogP contribution in [0.15, 0.2) is 23.8 Å². The summed E-state index contributed by atoms with van der Waals surface area (Å²) in [6.45, 7) is -1.36. The lowest BCUT2D eigenvalue weighted by Gasteiger charge is -2.33. The van der Waals surface area contributed by atoms with Gasteiger partial charge in [-0.1, -0.05) is 0 Å².